The van der Waals surface area contributed by atoms with Crippen molar-refractivity contribution >= 4 is 17.8 Å². The summed E-state index contributed by atoms with van der Waals surface area (Å²) in [6.45, 7) is 0.319. The highest BCUT2D eigenvalue weighted by Crippen LogP contribution is 2.28. The summed E-state index contributed by atoms with van der Waals surface area (Å²) in [5, 5.41) is 10.3. The first-order valence-corrected chi connectivity index (χ1v) is 7.02. The molecule has 0 spiro atoms. The summed E-state index contributed by atoms with van der Waals surface area (Å²) < 4.78 is 0. The van der Waals surface area contributed by atoms with Crippen LogP contribution in [0.5, 0.6) is 0 Å². The summed E-state index contributed by atoms with van der Waals surface area (Å²) in [4.78, 5) is 37.1. The second-order valence-corrected chi connectivity index (χ2v) is 5.34. The fourth-order valence-electron chi connectivity index (χ4n) is 2.79. The number of benzene rings is 1. The number of amides is 4. The number of hydroxylamine groups is 2. The van der Waals surface area contributed by atoms with Gasteiger partial charge in [-0.2, -0.15) is 0 Å². The molecule has 3 N–H and O–H groups in total. The van der Waals surface area contributed by atoms with E-state index >= 15 is 0 Å². The Morgan fingerprint density at radius 2 is 1.86 bits per heavy atom. The lowest BCUT2D eigenvalue weighted by atomic mass is 10.0. The first-order valence-electron chi connectivity index (χ1n) is 7.02. The Morgan fingerprint density at radius 3 is 2.59 bits per heavy atom. The zero-order valence-corrected chi connectivity index (χ0v) is 11.7. The van der Waals surface area contributed by atoms with Crippen molar-refractivity contribution in [1.29, 1.82) is 0 Å². The molecule has 2 aliphatic heterocycles. The van der Waals surface area contributed by atoms with Gasteiger partial charge in [0.15, 0.2) is 0 Å². The predicted molar refractivity (Wildman–Crippen MR) is 74.6 cm³/mol. The monoisotopic (exact) mass is 304 g/mol. The van der Waals surface area contributed by atoms with Gasteiger partial charge in [0.2, 0.25) is 0 Å². The predicted octanol–water partition coefficient (Wildman–Crippen LogP) is 0.105. The van der Waals surface area contributed by atoms with Crippen molar-refractivity contribution < 1.29 is 19.6 Å². The molecule has 22 heavy (non-hydrogen) atoms. The lowest BCUT2D eigenvalue weighted by Gasteiger charge is -2.29. The third kappa shape index (κ3) is 2.48. The molecule has 2 atom stereocenters. The largest absolute Gasteiger partial charge is 0.344 e. The summed E-state index contributed by atoms with van der Waals surface area (Å²) in [5.74, 6) is -0.898. The average Bonchev–Trinajstić information content (AvgIpc) is 2.78. The van der Waals surface area contributed by atoms with Crippen molar-refractivity contribution in [3.8, 4) is 0 Å². The van der Waals surface area contributed by atoms with E-state index in [0.29, 0.717) is 30.0 Å². The Morgan fingerprint density at radius 1 is 1.14 bits per heavy atom. The van der Waals surface area contributed by atoms with Crippen molar-refractivity contribution in [3.05, 3.63) is 35.9 Å². The molecule has 0 saturated carbocycles. The van der Waals surface area contributed by atoms with Crippen LogP contribution < -0.4 is 10.9 Å². The van der Waals surface area contributed by atoms with Crippen LogP contribution in [0.1, 0.15) is 23.2 Å². The Bertz CT molecular complexity index is 606. The van der Waals surface area contributed by atoms with E-state index < -0.39 is 23.9 Å². The molecule has 8 nitrogen and oxygen atoms in total. The smallest absolute Gasteiger partial charge is 0.309 e. The van der Waals surface area contributed by atoms with Crippen molar-refractivity contribution in [2.75, 3.05) is 6.54 Å². The number of rotatable bonds is 2. The number of carbonyl (C=O) groups excluding carboxylic acids is 3. The van der Waals surface area contributed by atoms with E-state index in [1.54, 1.807) is 30.3 Å². The van der Waals surface area contributed by atoms with E-state index in [0.717, 1.165) is 0 Å². The lowest BCUT2D eigenvalue weighted by molar-refractivity contribution is -0.126. The standard InChI is InChI=1S/C14H16N4O4/c19-12(9-4-2-1-3-5-9)15-16-13(20)11-7-6-10-8-17(11)14(21)18(10)22/h1-5,10-11,22H,6-8H2,(H,15,19)(H,16,20). The highest BCUT2D eigenvalue weighted by Gasteiger charge is 2.46. The Kier molecular flexibility index (Phi) is 3.68. The fraction of sp³-hybridized carbons (Fsp3) is 0.357. The molecule has 4 amide bonds. The molecule has 2 bridgehead atoms. The van der Waals surface area contributed by atoms with Crippen LogP contribution in [-0.4, -0.2) is 51.6 Å². The first kappa shape index (κ1) is 14.3. The number of hydrogen-bond donors (Lipinski definition) is 3. The van der Waals surface area contributed by atoms with E-state index in [2.05, 4.69) is 10.9 Å². The highest BCUT2D eigenvalue weighted by molar-refractivity contribution is 5.96. The molecule has 8 heteroatoms. The van der Waals surface area contributed by atoms with Gasteiger partial charge in [-0.3, -0.25) is 25.6 Å². The van der Waals surface area contributed by atoms with Crippen molar-refractivity contribution in [2.24, 2.45) is 0 Å². The SMILES string of the molecule is O=C(NNC(=O)C1CCC2CN1C(=O)N2O)c1ccccc1. The zero-order chi connectivity index (χ0) is 15.7. The fourth-order valence-corrected chi connectivity index (χ4v) is 2.79. The van der Waals surface area contributed by atoms with Crippen LogP contribution in [0.4, 0.5) is 4.79 Å². The molecule has 0 aliphatic carbocycles. The summed E-state index contributed by atoms with van der Waals surface area (Å²) in [5.41, 5.74) is 5.09. The maximum Gasteiger partial charge on any atom is 0.344 e. The first-order chi connectivity index (χ1) is 10.6. The Labute approximate surface area is 126 Å². The molecule has 2 aliphatic rings. The molecule has 0 radical (unpaired) electrons. The summed E-state index contributed by atoms with van der Waals surface area (Å²) >= 11 is 0. The zero-order valence-electron chi connectivity index (χ0n) is 11.7. The minimum absolute atomic E-state index is 0.254. The molecule has 2 fully saturated rings. The minimum atomic E-state index is -0.683. The number of fused-ring (bicyclic) bond motifs is 2. The van der Waals surface area contributed by atoms with Crippen LogP contribution >= 0.6 is 0 Å². The van der Waals surface area contributed by atoms with E-state index in [9.17, 15) is 19.6 Å². The van der Waals surface area contributed by atoms with Gasteiger partial charge in [-0.25, -0.2) is 9.86 Å². The average molecular weight is 304 g/mol. The van der Waals surface area contributed by atoms with Crippen LogP contribution in [0.3, 0.4) is 0 Å². The lowest BCUT2D eigenvalue weighted by Crippen LogP contribution is -2.54. The van der Waals surface area contributed by atoms with Crippen LogP contribution in [0.15, 0.2) is 30.3 Å². The third-order valence-corrected chi connectivity index (χ3v) is 3.98. The molecule has 2 heterocycles. The molecule has 2 saturated heterocycles. The molecule has 2 unspecified atom stereocenters. The van der Waals surface area contributed by atoms with Crippen molar-refractivity contribution in [1.82, 2.24) is 20.8 Å². The van der Waals surface area contributed by atoms with E-state index in [4.69, 9.17) is 0 Å². The van der Waals surface area contributed by atoms with Crippen molar-refractivity contribution in [3.63, 3.8) is 0 Å². The molecular weight excluding hydrogens is 288 g/mol. The number of nitrogens with one attached hydrogen (secondary N) is 2. The van der Waals surface area contributed by atoms with Gasteiger partial charge in [-0.05, 0) is 25.0 Å². The van der Waals surface area contributed by atoms with Crippen LogP contribution in [0, 0.1) is 0 Å². The summed E-state index contributed by atoms with van der Waals surface area (Å²) in [6, 6.07) is 6.96. The van der Waals surface area contributed by atoms with Gasteiger partial charge in [0.25, 0.3) is 11.8 Å². The van der Waals surface area contributed by atoms with Gasteiger partial charge in [-0.1, -0.05) is 18.2 Å². The minimum Gasteiger partial charge on any atom is -0.309 e. The molecular formula is C14H16N4O4. The number of hydrazine groups is 1. The van der Waals surface area contributed by atoms with Crippen LogP contribution in [0.25, 0.3) is 0 Å². The number of nitrogens with zero attached hydrogens (tertiary/aromatic N) is 2. The van der Waals surface area contributed by atoms with E-state index in [1.807, 2.05) is 0 Å². The molecule has 1 aromatic carbocycles. The number of piperidine rings is 1. The summed E-state index contributed by atoms with van der Waals surface area (Å²) in [6.07, 6.45) is 0.990. The quantitative estimate of drug-likeness (QED) is 0.533. The topological polar surface area (TPSA) is 102 Å². The summed E-state index contributed by atoms with van der Waals surface area (Å²) in [7, 11) is 0. The second-order valence-electron chi connectivity index (χ2n) is 5.34. The molecule has 0 aromatic heterocycles. The highest BCUT2D eigenvalue weighted by atomic mass is 16.5. The van der Waals surface area contributed by atoms with Crippen LogP contribution in [-0.2, 0) is 4.79 Å². The van der Waals surface area contributed by atoms with Crippen molar-refractivity contribution in [2.45, 2.75) is 24.9 Å². The third-order valence-electron chi connectivity index (χ3n) is 3.98. The normalized spacial score (nSPS) is 23.4. The Balaban J connectivity index is 1.59. The number of carbonyl (C=O) groups is 3. The molecule has 1 aromatic rings. The Hall–Kier alpha value is -2.61. The van der Waals surface area contributed by atoms with Gasteiger partial charge in [0.1, 0.15) is 6.04 Å². The molecule has 116 valence electrons. The maximum absolute atomic E-state index is 12.2. The maximum atomic E-state index is 12.2. The van der Waals surface area contributed by atoms with Gasteiger partial charge >= 0.3 is 6.03 Å². The second kappa shape index (κ2) is 5.64. The van der Waals surface area contributed by atoms with Gasteiger partial charge in [-0.15, -0.1) is 0 Å². The van der Waals surface area contributed by atoms with Gasteiger partial charge in [0.05, 0.1) is 6.04 Å². The molecule has 3 rings (SSSR count). The van der Waals surface area contributed by atoms with E-state index in [1.165, 1.54) is 4.90 Å². The van der Waals surface area contributed by atoms with E-state index in [-0.39, 0.29) is 6.04 Å². The van der Waals surface area contributed by atoms with Gasteiger partial charge in [0, 0.05) is 12.1 Å². The number of urea groups is 1. The van der Waals surface area contributed by atoms with Gasteiger partial charge < -0.3 is 4.90 Å². The number of hydrogen-bond acceptors (Lipinski definition) is 4. The van der Waals surface area contributed by atoms with Crippen LogP contribution in [0.2, 0.25) is 0 Å².